The van der Waals surface area contributed by atoms with Crippen molar-refractivity contribution in [1.29, 1.82) is 0 Å². The van der Waals surface area contributed by atoms with Crippen LogP contribution in [0.2, 0.25) is 0 Å². The molecule has 0 aliphatic rings. The highest BCUT2D eigenvalue weighted by Gasteiger charge is 2.26. The third-order valence-electron chi connectivity index (χ3n) is 9.52. The van der Waals surface area contributed by atoms with Gasteiger partial charge in [-0.15, -0.1) is 0 Å². The van der Waals surface area contributed by atoms with E-state index < -0.39 is 13.9 Å². The van der Waals surface area contributed by atoms with Crippen LogP contribution in [0.1, 0.15) is 194 Å². The van der Waals surface area contributed by atoms with E-state index in [-0.39, 0.29) is 25.8 Å². The molecule has 2 unspecified atom stereocenters. The van der Waals surface area contributed by atoms with Gasteiger partial charge in [0.1, 0.15) is 19.3 Å². The Labute approximate surface area is 328 Å². The number of quaternary nitrogens is 1. The number of phosphoric ester groups is 1. The molecule has 314 valence electrons. The maximum Gasteiger partial charge on any atom is 0.472 e. The van der Waals surface area contributed by atoms with Gasteiger partial charge < -0.3 is 18.9 Å². The van der Waals surface area contributed by atoms with Gasteiger partial charge in [0.25, 0.3) is 0 Å². The van der Waals surface area contributed by atoms with Crippen LogP contribution in [0.3, 0.4) is 0 Å². The van der Waals surface area contributed by atoms with E-state index in [0.29, 0.717) is 24.1 Å². The molecule has 0 saturated heterocycles. The fourth-order valence-corrected chi connectivity index (χ4v) is 6.79. The summed E-state index contributed by atoms with van der Waals surface area (Å²) in [5.74, 6) is -0.316. The number of nitrogens with zero attached hydrogens (tertiary/aromatic N) is 1. The van der Waals surface area contributed by atoms with Crippen molar-refractivity contribution >= 4 is 13.8 Å². The molecule has 0 amide bonds. The first kappa shape index (κ1) is 52.0. The van der Waals surface area contributed by atoms with Crippen molar-refractivity contribution in [1.82, 2.24) is 0 Å². The van der Waals surface area contributed by atoms with E-state index in [1.165, 1.54) is 135 Å². The quantitative estimate of drug-likeness (QED) is 0.0217. The minimum absolute atomic E-state index is 0.0901. The number of likely N-dealkylation sites (N-methyl/N-ethyl adjacent to an activating group) is 1. The number of hydrogen-bond donors (Lipinski definition) is 1. The predicted octanol–water partition coefficient (Wildman–Crippen LogP) is 12.8. The Bertz CT molecular complexity index is 905. The first-order chi connectivity index (χ1) is 25.6. The van der Waals surface area contributed by atoms with Crippen molar-refractivity contribution in [3.05, 3.63) is 24.3 Å². The van der Waals surface area contributed by atoms with Crippen LogP contribution in [0.15, 0.2) is 24.3 Å². The maximum absolute atomic E-state index is 12.6. The lowest BCUT2D eigenvalue weighted by atomic mass is 10.0. The SMILES string of the molecule is CCCCCCC/C=C\C/C=C\CCCCCCCCCCCCCCCC(=O)OC(COCCCCCCCC)COP(=O)(O)OCC[N+](C)(C)C. The molecule has 8 nitrogen and oxygen atoms in total. The summed E-state index contributed by atoms with van der Waals surface area (Å²) >= 11 is 0. The van der Waals surface area contributed by atoms with Crippen LogP contribution in [-0.2, 0) is 27.9 Å². The molecule has 0 fully saturated rings. The van der Waals surface area contributed by atoms with E-state index in [0.717, 1.165) is 38.5 Å². The third-order valence-corrected chi connectivity index (χ3v) is 10.5. The highest BCUT2D eigenvalue weighted by molar-refractivity contribution is 7.47. The summed E-state index contributed by atoms with van der Waals surface area (Å²) in [5, 5.41) is 0. The summed E-state index contributed by atoms with van der Waals surface area (Å²) in [5.41, 5.74) is 0. The number of allylic oxidation sites excluding steroid dienone is 4. The third kappa shape index (κ3) is 42.0. The molecule has 0 aliphatic carbocycles. The van der Waals surface area contributed by atoms with Crippen LogP contribution in [0.4, 0.5) is 0 Å². The number of unbranched alkanes of at least 4 members (excludes halogenated alkanes) is 23. The largest absolute Gasteiger partial charge is 0.472 e. The zero-order valence-corrected chi connectivity index (χ0v) is 36.4. The van der Waals surface area contributed by atoms with E-state index in [2.05, 4.69) is 38.2 Å². The molecule has 0 saturated carbocycles. The Balaban J connectivity index is 3.95. The van der Waals surface area contributed by atoms with Gasteiger partial charge >= 0.3 is 13.8 Å². The van der Waals surface area contributed by atoms with E-state index in [1.54, 1.807) is 0 Å². The van der Waals surface area contributed by atoms with E-state index in [9.17, 15) is 14.3 Å². The molecule has 0 heterocycles. The van der Waals surface area contributed by atoms with Crippen molar-refractivity contribution in [2.45, 2.75) is 200 Å². The molecule has 0 spiro atoms. The Morgan fingerprint density at radius 2 is 1.04 bits per heavy atom. The highest BCUT2D eigenvalue weighted by Crippen LogP contribution is 2.43. The van der Waals surface area contributed by atoms with Gasteiger partial charge in [0.05, 0.1) is 34.4 Å². The molecule has 0 aromatic carbocycles. The predicted molar refractivity (Wildman–Crippen MR) is 224 cm³/mol. The minimum atomic E-state index is -4.26. The summed E-state index contributed by atoms with van der Waals surface area (Å²) in [6.07, 6.45) is 42.4. The second-order valence-electron chi connectivity index (χ2n) is 16.1. The average molecular weight is 773 g/mol. The molecule has 0 aliphatic heterocycles. The molecule has 0 aromatic heterocycles. The second kappa shape index (κ2) is 37.9. The van der Waals surface area contributed by atoms with E-state index in [1.807, 2.05) is 21.1 Å². The van der Waals surface area contributed by atoms with Crippen LogP contribution in [-0.4, -0.2) is 75.6 Å². The van der Waals surface area contributed by atoms with Gasteiger partial charge in [-0.05, 0) is 44.9 Å². The van der Waals surface area contributed by atoms with Crippen LogP contribution in [0.5, 0.6) is 0 Å². The number of rotatable bonds is 41. The van der Waals surface area contributed by atoms with Gasteiger partial charge in [-0.25, -0.2) is 4.57 Å². The second-order valence-corrected chi connectivity index (χ2v) is 17.5. The number of ether oxygens (including phenoxy) is 2. The number of phosphoric acid groups is 1. The average Bonchev–Trinajstić information content (AvgIpc) is 3.11. The Morgan fingerprint density at radius 1 is 0.585 bits per heavy atom. The molecule has 0 radical (unpaired) electrons. The van der Waals surface area contributed by atoms with Crippen LogP contribution in [0.25, 0.3) is 0 Å². The zero-order valence-electron chi connectivity index (χ0n) is 35.5. The first-order valence-electron chi connectivity index (χ1n) is 22.1. The molecular formula is C44H87NO7P+. The molecule has 1 N–H and O–H groups in total. The molecule has 0 bridgehead atoms. The van der Waals surface area contributed by atoms with Crippen molar-refractivity contribution in [2.24, 2.45) is 0 Å². The minimum Gasteiger partial charge on any atom is -0.457 e. The first-order valence-corrected chi connectivity index (χ1v) is 23.6. The molecule has 0 aromatic rings. The number of carbonyl (C=O) groups excluding carboxylic acids is 1. The van der Waals surface area contributed by atoms with Crippen LogP contribution >= 0.6 is 7.82 Å². The Hall–Kier alpha value is -1.02. The summed E-state index contributed by atoms with van der Waals surface area (Å²) in [7, 11) is 1.67. The fourth-order valence-electron chi connectivity index (χ4n) is 6.05. The number of esters is 1. The van der Waals surface area contributed by atoms with Gasteiger partial charge in [-0.1, -0.05) is 167 Å². The lowest BCUT2D eigenvalue weighted by Crippen LogP contribution is -2.37. The Morgan fingerprint density at radius 3 is 1.53 bits per heavy atom. The van der Waals surface area contributed by atoms with Crippen LogP contribution in [0, 0.1) is 0 Å². The maximum atomic E-state index is 12.6. The summed E-state index contributed by atoms with van der Waals surface area (Å²) in [6, 6.07) is 0. The van der Waals surface area contributed by atoms with Gasteiger partial charge in [-0.3, -0.25) is 13.8 Å². The lowest BCUT2D eigenvalue weighted by Gasteiger charge is -2.24. The van der Waals surface area contributed by atoms with Gasteiger partial charge in [-0.2, -0.15) is 0 Å². The topological polar surface area (TPSA) is 91.3 Å². The van der Waals surface area contributed by atoms with Gasteiger partial charge in [0.15, 0.2) is 0 Å². The molecule has 9 heteroatoms. The van der Waals surface area contributed by atoms with Crippen molar-refractivity contribution in [3.8, 4) is 0 Å². The number of hydrogen-bond acceptors (Lipinski definition) is 6. The van der Waals surface area contributed by atoms with Crippen molar-refractivity contribution in [3.63, 3.8) is 0 Å². The molecular weight excluding hydrogens is 685 g/mol. The zero-order chi connectivity index (χ0) is 39.1. The summed E-state index contributed by atoms with van der Waals surface area (Å²) in [4.78, 5) is 22.8. The highest BCUT2D eigenvalue weighted by atomic mass is 31.2. The standard InChI is InChI=1S/C44H86NO7P/c1-6-8-10-12-14-15-16-17-18-19-20-21-22-23-24-25-26-27-28-29-30-31-32-33-35-37-44(46)52-43(41-49-39-36-34-13-11-9-7-2)42-51-53(47,48)50-40-38-45(3,4)5/h16-17,19-20,43H,6-15,18,21-42H2,1-5H3/p+1/b17-16-,20-19-. The fraction of sp³-hybridized carbons (Fsp3) is 0.886. The summed E-state index contributed by atoms with van der Waals surface area (Å²) in [6.45, 7) is 5.58. The van der Waals surface area contributed by atoms with Crippen molar-refractivity contribution < 1.29 is 37.3 Å². The normalized spacial score (nSPS) is 14.0. The molecule has 53 heavy (non-hydrogen) atoms. The monoisotopic (exact) mass is 773 g/mol. The lowest BCUT2D eigenvalue weighted by molar-refractivity contribution is -0.870. The van der Waals surface area contributed by atoms with Crippen LogP contribution < -0.4 is 0 Å². The molecule has 2 atom stereocenters. The smallest absolute Gasteiger partial charge is 0.457 e. The number of carbonyl (C=O) groups is 1. The van der Waals surface area contributed by atoms with Gasteiger partial charge in [0.2, 0.25) is 0 Å². The van der Waals surface area contributed by atoms with Gasteiger partial charge in [0, 0.05) is 13.0 Å². The summed E-state index contributed by atoms with van der Waals surface area (Å²) < 4.78 is 34.8. The van der Waals surface area contributed by atoms with Crippen molar-refractivity contribution in [2.75, 3.05) is 54.1 Å². The molecule has 0 rings (SSSR count). The van der Waals surface area contributed by atoms with E-state index >= 15 is 0 Å². The van der Waals surface area contributed by atoms with E-state index in [4.69, 9.17) is 18.5 Å². The Kier molecular flexibility index (Phi) is 37.2.